The van der Waals surface area contributed by atoms with Gasteiger partial charge in [-0.3, -0.25) is 4.79 Å². The first-order valence-electron chi connectivity index (χ1n) is 2.68. The summed E-state index contributed by atoms with van der Waals surface area (Å²) in [4.78, 5) is 9.37. The van der Waals surface area contributed by atoms with Crippen molar-refractivity contribution in [3.05, 3.63) is 6.43 Å². The summed E-state index contributed by atoms with van der Waals surface area (Å²) >= 11 is 0. The van der Waals surface area contributed by atoms with Crippen molar-refractivity contribution >= 4 is 5.97 Å². The quantitative estimate of drug-likeness (QED) is 0.363. The van der Waals surface area contributed by atoms with E-state index in [9.17, 15) is 26.7 Å². The Morgan fingerprint density at radius 2 is 1.54 bits per heavy atom. The molecule has 0 spiro atoms. The Labute approximate surface area is 93.4 Å². The summed E-state index contributed by atoms with van der Waals surface area (Å²) in [6, 6.07) is 0. The molecule has 0 bridgehead atoms. The monoisotopic (exact) mass is 216 g/mol. The van der Waals surface area contributed by atoms with Crippen molar-refractivity contribution in [3.8, 4) is 0 Å². The van der Waals surface area contributed by atoms with E-state index in [4.69, 9.17) is 5.11 Å². The molecule has 0 aromatic heterocycles. The van der Waals surface area contributed by atoms with E-state index in [-0.39, 0.29) is 36.0 Å². The van der Waals surface area contributed by atoms with Crippen molar-refractivity contribution in [1.82, 2.24) is 0 Å². The van der Waals surface area contributed by atoms with Gasteiger partial charge in [0.05, 0.1) is 0 Å². The molecule has 1 N–H and O–H groups in total. The molecule has 74 valence electrons. The zero-order valence-corrected chi connectivity index (χ0v) is 8.95. The van der Waals surface area contributed by atoms with Crippen molar-refractivity contribution < 1.29 is 61.4 Å². The van der Waals surface area contributed by atoms with Gasteiger partial charge >= 0.3 is 41.7 Å². The molecule has 0 heterocycles. The first kappa shape index (κ1) is 18.8. The molecule has 13 heavy (non-hydrogen) atoms. The number of alkyl halides is 3. The van der Waals surface area contributed by atoms with Gasteiger partial charge in [-0.1, -0.05) is 6.92 Å². The Hall–Kier alpha value is 0.120. The largest absolute Gasteiger partial charge is 1.00 e. The minimum Gasteiger partial charge on any atom is -0.481 e. The van der Waals surface area contributed by atoms with Crippen LogP contribution in [0.2, 0.25) is 0 Å². The molecule has 0 fully saturated rings. The van der Waals surface area contributed by atoms with E-state index in [2.05, 4.69) is 0 Å². The van der Waals surface area contributed by atoms with Gasteiger partial charge in [0.25, 0.3) is 0 Å². The van der Waals surface area contributed by atoms with Crippen LogP contribution in [0.5, 0.6) is 0 Å². The van der Waals surface area contributed by atoms with Crippen molar-refractivity contribution in [2.75, 3.05) is 0 Å². The average Bonchev–Trinajstić information content (AvgIpc) is 1.87. The summed E-state index contributed by atoms with van der Waals surface area (Å²) in [6.45, 7) is 1.60. The first-order valence-corrected chi connectivity index (χ1v) is 2.68. The van der Waals surface area contributed by atoms with Gasteiger partial charge < -0.3 is 13.9 Å². The molecule has 0 unspecified atom stereocenters. The number of aliphatic carboxylic acids is 1. The molecule has 0 aliphatic carbocycles. The summed E-state index contributed by atoms with van der Waals surface area (Å²) in [5, 5.41) is 7.72. The first-order chi connectivity index (χ1) is 5.21. The minimum absolute atomic E-state index is 0. The van der Waals surface area contributed by atoms with Crippen LogP contribution in [-0.4, -0.2) is 17.3 Å². The van der Waals surface area contributed by atoms with Crippen LogP contribution in [0.15, 0.2) is 0 Å². The van der Waals surface area contributed by atoms with E-state index < -0.39 is 18.6 Å². The van der Waals surface area contributed by atoms with E-state index in [1.54, 1.807) is 6.92 Å². The van der Waals surface area contributed by atoms with Crippen LogP contribution in [-0.2, 0) is 4.79 Å². The fraction of sp³-hybridized carbons (Fsp3) is 0.600. The topological polar surface area (TPSA) is 37.3 Å². The van der Waals surface area contributed by atoms with Crippen LogP contribution in [0.3, 0.4) is 0 Å². The molecule has 0 rings (SSSR count). The van der Waals surface area contributed by atoms with E-state index in [0.29, 0.717) is 0 Å². The Kier molecular flexibility index (Phi) is 12.6. The van der Waals surface area contributed by atoms with E-state index >= 15 is 0 Å². The molecular formula is C5H6F5NaO2. The molecule has 0 aliphatic rings. The Morgan fingerprint density at radius 3 is 1.54 bits per heavy atom. The van der Waals surface area contributed by atoms with Crippen LogP contribution < -0.4 is 29.6 Å². The molecule has 0 aromatic rings. The summed E-state index contributed by atoms with van der Waals surface area (Å²) < 4.78 is 51.8. The molecule has 0 aliphatic heterocycles. The van der Waals surface area contributed by atoms with Gasteiger partial charge in [0.1, 0.15) is 6.43 Å². The molecule has 2 nitrogen and oxygen atoms in total. The smallest absolute Gasteiger partial charge is 0.481 e. The number of carbonyl (C=O) groups is 1. The van der Waals surface area contributed by atoms with Gasteiger partial charge in [-0.25, -0.2) is 13.2 Å². The number of carboxylic acids is 1. The summed E-state index contributed by atoms with van der Waals surface area (Å²) in [6.07, 6.45) is -8.70. The van der Waals surface area contributed by atoms with Gasteiger partial charge in [-0.2, -0.15) is 0 Å². The SMILES string of the molecule is CCC(=O)O.F[C-](F)C(F)(F)F.[Na+]. The maximum Gasteiger partial charge on any atom is 1.00 e. The third kappa shape index (κ3) is 18.8. The minimum atomic E-state index is -5.42. The maximum absolute atomic E-state index is 10.4. The second kappa shape index (κ2) is 8.71. The van der Waals surface area contributed by atoms with Crippen LogP contribution in [0.25, 0.3) is 0 Å². The number of rotatable bonds is 1. The molecule has 0 amide bonds. The standard InChI is InChI=1S/C3H6O2.C2F5.Na/c1-2-3(4)5;3-1(4)2(5,6)7;/h2H2,1H3,(H,4,5);;/q;-1;+1. The van der Waals surface area contributed by atoms with Crippen molar-refractivity contribution in [3.63, 3.8) is 0 Å². The molecule has 0 saturated heterocycles. The molecule has 0 aromatic carbocycles. The normalized spacial score (nSPS) is 9.77. The van der Waals surface area contributed by atoms with Crippen molar-refractivity contribution in [2.24, 2.45) is 0 Å². The average molecular weight is 216 g/mol. The maximum atomic E-state index is 10.4. The van der Waals surface area contributed by atoms with E-state index in [1.165, 1.54) is 0 Å². The van der Waals surface area contributed by atoms with Crippen LogP contribution in [0.4, 0.5) is 22.0 Å². The van der Waals surface area contributed by atoms with Crippen LogP contribution >= 0.6 is 0 Å². The van der Waals surface area contributed by atoms with Crippen LogP contribution in [0.1, 0.15) is 13.3 Å². The summed E-state index contributed by atoms with van der Waals surface area (Å²) in [5.74, 6) is -0.745. The van der Waals surface area contributed by atoms with E-state index in [0.717, 1.165) is 0 Å². The van der Waals surface area contributed by atoms with Gasteiger partial charge in [0.2, 0.25) is 0 Å². The predicted octanol–water partition coefficient (Wildman–Crippen LogP) is -0.538. The fourth-order valence-corrected chi connectivity index (χ4v) is 0. The van der Waals surface area contributed by atoms with Gasteiger partial charge in [0, 0.05) is 6.42 Å². The zero-order chi connectivity index (χ0) is 10.4. The second-order valence-corrected chi connectivity index (χ2v) is 1.51. The number of hydrogen-bond acceptors (Lipinski definition) is 1. The second-order valence-electron chi connectivity index (χ2n) is 1.51. The Balaban J connectivity index is -0.000000150. The van der Waals surface area contributed by atoms with Crippen LogP contribution in [0, 0.1) is 6.43 Å². The summed E-state index contributed by atoms with van der Waals surface area (Å²) in [5.41, 5.74) is 0. The third-order valence-electron chi connectivity index (χ3n) is 0.517. The number of carboxylic acid groups (broad SMARTS) is 1. The predicted molar refractivity (Wildman–Crippen MR) is 29.4 cm³/mol. The third-order valence-corrected chi connectivity index (χ3v) is 0.517. The van der Waals surface area contributed by atoms with Gasteiger partial charge in [-0.05, 0) is 0 Å². The van der Waals surface area contributed by atoms with Gasteiger partial charge in [-0.15, -0.1) is 0 Å². The molecule has 0 atom stereocenters. The Bertz CT molecular complexity index is 135. The molecule has 8 heteroatoms. The molecular weight excluding hydrogens is 210 g/mol. The van der Waals surface area contributed by atoms with Gasteiger partial charge in [0.15, 0.2) is 0 Å². The number of hydrogen-bond donors (Lipinski definition) is 1. The molecule has 0 saturated carbocycles. The van der Waals surface area contributed by atoms with E-state index in [1.807, 2.05) is 0 Å². The van der Waals surface area contributed by atoms with Crippen molar-refractivity contribution in [2.45, 2.75) is 19.5 Å². The summed E-state index contributed by atoms with van der Waals surface area (Å²) in [7, 11) is 0. The fourth-order valence-electron chi connectivity index (χ4n) is 0. The molecule has 0 radical (unpaired) electrons. The van der Waals surface area contributed by atoms with Crippen molar-refractivity contribution in [1.29, 1.82) is 0 Å². The number of halogens is 5. The zero-order valence-electron chi connectivity index (χ0n) is 6.95. The Morgan fingerprint density at radius 1 is 1.38 bits per heavy atom.